The molecule has 0 heterocycles. The van der Waals surface area contributed by atoms with Crippen molar-refractivity contribution < 1.29 is 22.7 Å². The molecule has 2 aliphatic rings. The van der Waals surface area contributed by atoms with E-state index in [4.69, 9.17) is 0 Å². The van der Waals surface area contributed by atoms with Gasteiger partial charge in [0.05, 0.1) is 5.92 Å². The molecule has 0 saturated heterocycles. The van der Waals surface area contributed by atoms with Crippen LogP contribution in [0.5, 0.6) is 0 Å². The van der Waals surface area contributed by atoms with Gasteiger partial charge in [0.1, 0.15) is 0 Å². The number of halogens is 3. The van der Waals surface area contributed by atoms with E-state index in [0.717, 1.165) is 12.0 Å². The van der Waals surface area contributed by atoms with Crippen molar-refractivity contribution in [2.45, 2.75) is 18.5 Å². The van der Waals surface area contributed by atoms with Crippen LogP contribution in [0, 0.1) is 17.8 Å². The van der Waals surface area contributed by atoms with Crippen molar-refractivity contribution >= 4 is 5.97 Å². The molecule has 0 unspecified atom stereocenters. The second-order valence-corrected chi connectivity index (χ2v) is 5.63. The fourth-order valence-electron chi connectivity index (χ4n) is 3.52. The molecule has 5 heteroatoms. The van der Waals surface area contributed by atoms with E-state index in [2.05, 4.69) is 10.8 Å². The van der Waals surface area contributed by atoms with E-state index in [-0.39, 0.29) is 17.8 Å². The molecule has 0 aromatic heterocycles. The first kappa shape index (κ1) is 14.2. The third-order valence-electron chi connectivity index (χ3n) is 4.29. The van der Waals surface area contributed by atoms with Crippen LogP contribution in [-0.4, -0.2) is 18.8 Å². The van der Waals surface area contributed by atoms with E-state index in [9.17, 15) is 18.0 Å². The number of allylic oxidation sites excluding steroid dienone is 2. The van der Waals surface area contributed by atoms with Crippen molar-refractivity contribution in [2.75, 3.05) is 6.61 Å². The van der Waals surface area contributed by atoms with Gasteiger partial charge < -0.3 is 4.74 Å². The highest BCUT2D eigenvalue weighted by atomic mass is 19.4. The number of esters is 1. The van der Waals surface area contributed by atoms with Crippen LogP contribution in [0.15, 0.2) is 42.5 Å². The van der Waals surface area contributed by atoms with Crippen molar-refractivity contribution in [1.82, 2.24) is 0 Å². The molecule has 1 fully saturated rings. The Kier molecular flexibility index (Phi) is 3.51. The summed E-state index contributed by atoms with van der Waals surface area (Å²) < 4.78 is 41.2. The van der Waals surface area contributed by atoms with Gasteiger partial charge in [-0.05, 0) is 23.8 Å². The third kappa shape index (κ3) is 2.82. The molecule has 0 N–H and O–H groups in total. The standard InChI is InChI=1S/C16H15F3O2/c17-16(18,19)9-21-15(20)14-12-7-6-11(8-12)13(14)10-4-2-1-3-5-10/h1-7,11-14H,8-9H2/t11-,12+,13+,14+/m1/s1. The first-order valence-corrected chi connectivity index (χ1v) is 6.92. The fourth-order valence-corrected chi connectivity index (χ4v) is 3.52. The second-order valence-electron chi connectivity index (χ2n) is 5.63. The maximum Gasteiger partial charge on any atom is 0.422 e. The summed E-state index contributed by atoms with van der Waals surface area (Å²) in [5, 5.41) is 0. The lowest BCUT2D eigenvalue weighted by Gasteiger charge is -2.27. The zero-order valence-corrected chi connectivity index (χ0v) is 11.2. The smallest absolute Gasteiger partial charge is 0.422 e. The molecule has 2 bridgehead atoms. The minimum Gasteiger partial charge on any atom is -0.456 e. The lowest BCUT2D eigenvalue weighted by molar-refractivity contribution is -0.190. The number of benzene rings is 1. The summed E-state index contributed by atoms with van der Waals surface area (Å²) in [7, 11) is 0. The number of rotatable bonds is 3. The highest BCUT2D eigenvalue weighted by Gasteiger charge is 2.50. The summed E-state index contributed by atoms with van der Waals surface area (Å²) >= 11 is 0. The molecule has 4 atom stereocenters. The van der Waals surface area contributed by atoms with Gasteiger partial charge in [-0.15, -0.1) is 0 Å². The predicted molar refractivity (Wildman–Crippen MR) is 70.4 cm³/mol. The van der Waals surface area contributed by atoms with Crippen LogP contribution in [0.25, 0.3) is 0 Å². The Hall–Kier alpha value is -1.78. The van der Waals surface area contributed by atoms with Gasteiger partial charge in [0.15, 0.2) is 6.61 Å². The quantitative estimate of drug-likeness (QED) is 0.628. The van der Waals surface area contributed by atoms with Gasteiger partial charge in [-0.25, -0.2) is 0 Å². The Labute approximate surface area is 120 Å². The predicted octanol–water partition coefficient (Wildman–Crippen LogP) is 3.70. The van der Waals surface area contributed by atoms with E-state index in [0.29, 0.717) is 0 Å². The summed E-state index contributed by atoms with van der Waals surface area (Å²) in [5.41, 5.74) is 0.989. The molecule has 1 aromatic carbocycles. The number of fused-ring (bicyclic) bond motifs is 2. The molecule has 1 aromatic rings. The van der Waals surface area contributed by atoms with Crippen molar-refractivity contribution in [3.05, 3.63) is 48.0 Å². The van der Waals surface area contributed by atoms with Gasteiger partial charge in [-0.1, -0.05) is 42.5 Å². The van der Waals surface area contributed by atoms with E-state index < -0.39 is 24.7 Å². The highest BCUT2D eigenvalue weighted by molar-refractivity contribution is 5.76. The van der Waals surface area contributed by atoms with Crippen molar-refractivity contribution in [3.63, 3.8) is 0 Å². The van der Waals surface area contributed by atoms with Gasteiger partial charge in [0.25, 0.3) is 0 Å². The minimum atomic E-state index is -4.48. The molecule has 2 nitrogen and oxygen atoms in total. The average Bonchev–Trinajstić information content (AvgIpc) is 3.05. The van der Waals surface area contributed by atoms with Crippen LogP contribution in [0.2, 0.25) is 0 Å². The zero-order valence-electron chi connectivity index (χ0n) is 11.2. The van der Waals surface area contributed by atoms with Crippen molar-refractivity contribution in [1.29, 1.82) is 0 Å². The normalized spacial score (nSPS) is 30.6. The largest absolute Gasteiger partial charge is 0.456 e. The Balaban J connectivity index is 1.79. The molecule has 21 heavy (non-hydrogen) atoms. The molecule has 0 aliphatic heterocycles. The maximum atomic E-state index is 12.2. The number of carbonyl (C=O) groups excluding carboxylic acids is 1. The third-order valence-corrected chi connectivity index (χ3v) is 4.29. The molecule has 3 rings (SSSR count). The maximum absolute atomic E-state index is 12.2. The van der Waals surface area contributed by atoms with Crippen molar-refractivity contribution in [2.24, 2.45) is 17.8 Å². The lowest BCUT2D eigenvalue weighted by Crippen LogP contribution is -2.31. The molecule has 1 saturated carbocycles. The first-order valence-electron chi connectivity index (χ1n) is 6.92. The molecular formula is C16H15F3O2. The Bertz CT molecular complexity index is 550. The number of alkyl halides is 3. The molecule has 0 spiro atoms. The number of ether oxygens (including phenoxy) is 1. The fraction of sp³-hybridized carbons (Fsp3) is 0.438. The van der Waals surface area contributed by atoms with Crippen LogP contribution in [0.1, 0.15) is 17.9 Å². The van der Waals surface area contributed by atoms with E-state index in [1.807, 2.05) is 36.4 Å². The summed E-state index contributed by atoms with van der Waals surface area (Å²) in [5.74, 6) is -1.13. The number of hydrogen-bond acceptors (Lipinski definition) is 2. The van der Waals surface area contributed by atoms with E-state index in [1.54, 1.807) is 0 Å². The molecule has 0 radical (unpaired) electrons. The van der Waals surface area contributed by atoms with Crippen LogP contribution >= 0.6 is 0 Å². The number of hydrogen-bond donors (Lipinski definition) is 0. The first-order chi connectivity index (χ1) is 9.96. The number of carbonyl (C=O) groups is 1. The van der Waals surface area contributed by atoms with Gasteiger partial charge >= 0.3 is 12.1 Å². The zero-order chi connectivity index (χ0) is 15.0. The molecular weight excluding hydrogens is 281 g/mol. The Morgan fingerprint density at radius 1 is 1.14 bits per heavy atom. The Morgan fingerprint density at radius 2 is 1.81 bits per heavy atom. The average molecular weight is 296 g/mol. The molecule has 0 amide bonds. The van der Waals surface area contributed by atoms with Gasteiger partial charge in [0, 0.05) is 5.92 Å². The van der Waals surface area contributed by atoms with Crippen LogP contribution in [0.3, 0.4) is 0 Å². The van der Waals surface area contributed by atoms with E-state index >= 15 is 0 Å². The SMILES string of the molecule is O=C(OCC(F)(F)F)[C@@H]1[C@@H](c2ccccc2)[C@@H]2C=C[C@H]1C2. The molecule has 2 aliphatic carbocycles. The monoisotopic (exact) mass is 296 g/mol. The van der Waals surface area contributed by atoms with Gasteiger partial charge in [0.2, 0.25) is 0 Å². The van der Waals surface area contributed by atoms with E-state index in [1.165, 1.54) is 0 Å². The van der Waals surface area contributed by atoms with Crippen LogP contribution < -0.4 is 0 Å². The van der Waals surface area contributed by atoms with Gasteiger partial charge in [-0.3, -0.25) is 4.79 Å². The second kappa shape index (κ2) is 5.20. The summed E-state index contributed by atoms with van der Waals surface area (Å²) in [6.45, 7) is -1.51. The topological polar surface area (TPSA) is 26.3 Å². The minimum absolute atomic E-state index is 0.0130. The van der Waals surface area contributed by atoms with Crippen LogP contribution in [0.4, 0.5) is 13.2 Å². The van der Waals surface area contributed by atoms with Gasteiger partial charge in [-0.2, -0.15) is 13.2 Å². The highest BCUT2D eigenvalue weighted by Crippen LogP contribution is 2.53. The van der Waals surface area contributed by atoms with Crippen LogP contribution in [-0.2, 0) is 9.53 Å². The van der Waals surface area contributed by atoms with Crippen molar-refractivity contribution in [3.8, 4) is 0 Å². The summed E-state index contributed by atoms with van der Waals surface area (Å²) in [4.78, 5) is 12.1. The molecule has 112 valence electrons. The Morgan fingerprint density at radius 3 is 2.48 bits per heavy atom. The summed E-state index contributed by atoms with van der Waals surface area (Å²) in [6.07, 6.45) is 0.330. The lowest BCUT2D eigenvalue weighted by atomic mass is 9.78. The summed E-state index contributed by atoms with van der Waals surface area (Å²) in [6, 6.07) is 9.47.